The molecule has 124 valence electrons. The van der Waals surface area contributed by atoms with E-state index in [4.69, 9.17) is 14.2 Å². The first-order valence-corrected chi connectivity index (χ1v) is 7.27. The van der Waals surface area contributed by atoms with Crippen LogP contribution >= 0.6 is 0 Å². The van der Waals surface area contributed by atoms with Crippen molar-refractivity contribution in [2.24, 2.45) is 0 Å². The maximum absolute atomic E-state index is 11.9. The zero-order valence-electron chi connectivity index (χ0n) is 13.0. The molecular weight excluding hydrogens is 312 g/mol. The molecule has 0 spiro atoms. The highest BCUT2D eigenvalue weighted by molar-refractivity contribution is 5.95. The van der Waals surface area contributed by atoms with Crippen molar-refractivity contribution < 1.29 is 23.8 Å². The van der Waals surface area contributed by atoms with Crippen LogP contribution in [0.25, 0.3) is 0 Å². The minimum Gasteiger partial charge on any atom is -0.497 e. The van der Waals surface area contributed by atoms with Crippen molar-refractivity contribution >= 4 is 23.2 Å². The van der Waals surface area contributed by atoms with E-state index in [1.807, 2.05) is 0 Å². The number of fused-ring (bicyclic) bond motifs is 1. The van der Waals surface area contributed by atoms with Gasteiger partial charge >= 0.3 is 0 Å². The third kappa shape index (κ3) is 3.75. The van der Waals surface area contributed by atoms with Gasteiger partial charge in [-0.05, 0) is 36.4 Å². The van der Waals surface area contributed by atoms with Crippen molar-refractivity contribution in [2.75, 3.05) is 31.0 Å². The number of rotatable bonds is 5. The molecule has 0 aliphatic carbocycles. The van der Waals surface area contributed by atoms with Crippen molar-refractivity contribution in [3.8, 4) is 17.2 Å². The molecule has 3 rings (SSSR count). The first-order valence-electron chi connectivity index (χ1n) is 7.27. The molecule has 1 aliphatic rings. The molecular formula is C17H16N2O5. The lowest BCUT2D eigenvalue weighted by atomic mass is 10.2. The minimum absolute atomic E-state index is 0.00251. The van der Waals surface area contributed by atoms with E-state index in [-0.39, 0.29) is 25.0 Å². The van der Waals surface area contributed by atoms with Gasteiger partial charge in [0.25, 0.3) is 11.8 Å². The fourth-order valence-corrected chi connectivity index (χ4v) is 2.17. The Bertz CT molecular complexity index is 758. The summed E-state index contributed by atoms with van der Waals surface area (Å²) in [5, 5.41) is 5.40. The molecule has 2 aromatic rings. The molecule has 0 unspecified atom stereocenters. The SMILES string of the molecule is COc1ccc(NC(=O)COc2ccc3c(c2)NC(=O)CO3)cc1. The number of ether oxygens (including phenoxy) is 3. The Morgan fingerprint density at radius 2 is 1.96 bits per heavy atom. The van der Waals surface area contributed by atoms with Gasteiger partial charge < -0.3 is 24.8 Å². The second kappa shape index (κ2) is 6.91. The van der Waals surface area contributed by atoms with E-state index in [0.29, 0.717) is 28.6 Å². The van der Waals surface area contributed by atoms with Gasteiger partial charge in [0.15, 0.2) is 13.2 Å². The van der Waals surface area contributed by atoms with Crippen LogP contribution in [0.1, 0.15) is 0 Å². The summed E-state index contributed by atoms with van der Waals surface area (Å²) in [6.07, 6.45) is 0. The number of methoxy groups -OCH3 is 1. The van der Waals surface area contributed by atoms with Crippen molar-refractivity contribution in [3.05, 3.63) is 42.5 Å². The van der Waals surface area contributed by atoms with Crippen LogP contribution in [-0.2, 0) is 9.59 Å². The number of benzene rings is 2. The van der Waals surface area contributed by atoms with Crippen molar-refractivity contribution in [1.29, 1.82) is 0 Å². The van der Waals surface area contributed by atoms with E-state index in [2.05, 4.69) is 10.6 Å². The van der Waals surface area contributed by atoms with Gasteiger partial charge in [0.1, 0.15) is 17.2 Å². The quantitative estimate of drug-likeness (QED) is 0.877. The zero-order valence-corrected chi connectivity index (χ0v) is 13.0. The van der Waals surface area contributed by atoms with Gasteiger partial charge in [-0.1, -0.05) is 0 Å². The lowest BCUT2D eigenvalue weighted by molar-refractivity contribution is -0.119. The molecule has 0 saturated heterocycles. The largest absolute Gasteiger partial charge is 0.497 e. The monoisotopic (exact) mass is 328 g/mol. The van der Waals surface area contributed by atoms with Crippen LogP contribution in [0.3, 0.4) is 0 Å². The minimum atomic E-state index is -0.293. The fraction of sp³-hybridized carbons (Fsp3) is 0.176. The van der Waals surface area contributed by atoms with Crippen molar-refractivity contribution in [1.82, 2.24) is 0 Å². The van der Waals surface area contributed by atoms with Gasteiger partial charge in [0.2, 0.25) is 0 Å². The van der Waals surface area contributed by atoms with Crippen molar-refractivity contribution in [3.63, 3.8) is 0 Å². The summed E-state index contributed by atoms with van der Waals surface area (Å²) >= 11 is 0. The Hall–Kier alpha value is -3.22. The van der Waals surface area contributed by atoms with Crippen LogP contribution in [0.2, 0.25) is 0 Å². The Morgan fingerprint density at radius 3 is 2.71 bits per heavy atom. The molecule has 0 saturated carbocycles. The molecule has 0 aromatic heterocycles. The molecule has 0 fully saturated rings. The molecule has 24 heavy (non-hydrogen) atoms. The molecule has 1 aliphatic heterocycles. The van der Waals surface area contributed by atoms with Crippen LogP contribution in [-0.4, -0.2) is 32.1 Å². The number of carbonyl (C=O) groups is 2. The molecule has 0 radical (unpaired) electrons. The first kappa shape index (κ1) is 15.7. The van der Waals surface area contributed by atoms with Crippen LogP contribution < -0.4 is 24.8 Å². The van der Waals surface area contributed by atoms with E-state index in [1.54, 1.807) is 49.6 Å². The van der Waals surface area contributed by atoms with E-state index in [0.717, 1.165) is 0 Å². The highest BCUT2D eigenvalue weighted by Gasteiger charge is 2.16. The summed E-state index contributed by atoms with van der Waals surface area (Å²) in [5.74, 6) is 1.23. The lowest BCUT2D eigenvalue weighted by Crippen LogP contribution is -2.25. The molecule has 0 atom stereocenters. The average molecular weight is 328 g/mol. The van der Waals surface area contributed by atoms with Gasteiger partial charge in [-0.25, -0.2) is 0 Å². The predicted octanol–water partition coefficient (Wildman–Crippen LogP) is 2.04. The summed E-state index contributed by atoms with van der Waals surface area (Å²) in [5.41, 5.74) is 1.18. The molecule has 1 heterocycles. The second-order valence-corrected chi connectivity index (χ2v) is 5.06. The zero-order chi connectivity index (χ0) is 16.9. The normalized spacial score (nSPS) is 12.5. The summed E-state index contributed by atoms with van der Waals surface area (Å²) in [6, 6.07) is 12.0. The van der Waals surface area contributed by atoms with Crippen molar-refractivity contribution in [2.45, 2.75) is 0 Å². The van der Waals surface area contributed by atoms with Crippen LogP contribution in [0, 0.1) is 0 Å². The maximum atomic E-state index is 11.9. The number of carbonyl (C=O) groups excluding carboxylic acids is 2. The summed E-state index contributed by atoms with van der Waals surface area (Å²) in [4.78, 5) is 23.2. The van der Waals surface area contributed by atoms with Gasteiger partial charge in [-0.15, -0.1) is 0 Å². The maximum Gasteiger partial charge on any atom is 0.262 e. The van der Waals surface area contributed by atoms with Gasteiger partial charge in [0, 0.05) is 11.8 Å². The average Bonchev–Trinajstić information content (AvgIpc) is 2.60. The first-order chi connectivity index (χ1) is 11.6. The van der Waals surface area contributed by atoms with Gasteiger partial charge in [0.05, 0.1) is 12.8 Å². The topological polar surface area (TPSA) is 85.9 Å². The van der Waals surface area contributed by atoms with E-state index in [1.165, 1.54) is 0 Å². The number of amides is 2. The smallest absolute Gasteiger partial charge is 0.262 e. The standard InChI is InChI=1S/C17H16N2O5/c1-22-12-4-2-11(3-5-12)18-16(20)9-23-13-6-7-15-14(8-13)19-17(21)10-24-15/h2-8H,9-10H2,1H3,(H,18,20)(H,19,21). The Labute approximate surface area is 138 Å². The molecule has 2 aromatic carbocycles. The Kier molecular flexibility index (Phi) is 4.51. The lowest BCUT2D eigenvalue weighted by Gasteiger charge is -2.18. The third-order valence-electron chi connectivity index (χ3n) is 3.33. The molecule has 2 N–H and O–H groups in total. The highest BCUT2D eigenvalue weighted by atomic mass is 16.5. The second-order valence-electron chi connectivity index (χ2n) is 5.06. The third-order valence-corrected chi connectivity index (χ3v) is 3.33. The van der Waals surface area contributed by atoms with E-state index < -0.39 is 0 Å². The van der Waals surface area contributed by atoms with Crippen LogP contribution in [0.4, 0.5) is 11.4 Å². The van der Waals surface area contributed by atoms with E-state index in [9.17, 15) is 9.59 Å². The number of hydrogen-bond donors (Lipinski definition) is 2. The van der Waals surface area contributed by atoms with Crippen LogP contribution in [0.5, 0.6) is 17.2 Å². The highest BCUT2D eigenvalue weighted by Crippen LogP contribution is 2.31. The predicted molar refractivity (Wildman–Crippen MR) is 87.7 cm³/mol. The molecule has 7 nitrogen and oxygen atoms in total. The Morgan fingerprint density at radius 1 is 1.21 bits per heavy atom. The Balaban J connectivity index is 1.56. The molecule has 0 bridgehead atoms. The fourth-order valence-electron chi connectivity index (χ4n) is 2.17. The van der Waals surface area contributed by atoms with Crippen LogP contribution in [0.15, 0.2) is 42.5 Å². The summed E-state index contributed by atoms with van der Waals surface area (Å²) < 4.78 is 15.8. The number of nitrogens with one attached hydrogen (secondary N) is 2. The van der Waals surface area contributed by atoms with Gasteiger partial charge in [-0.2, -0.15) is 0 Å². The molecule has 2 amide bonds. The number of hydrogen-bond acceptors (Lipinski definition) is 5. The summed E-state index contributed by atoms with van der Waals surface area (Å²) in [6.45, 7) is -0.156. The molecule has 7 heteroatoms. The summed E-state index contributed by atoms with van der Waals surface area (Å²) in [7, 11) is 1.58. The van der Waals surface area contributed by atoms with Gasteiger partial charge in [-0.3, -0.25) is 9.59 Å². The number of anilines is 2. The van der Waals surface area contributed by atoms with E-state index >= 15 is 0 Å².